The Balaban J connectivity index is 0.00000187. The van der Waals surface area contributed by atoms with Gasteiger partial charge in [-0.15, -0.1) is 0 Å². The Hall–Kier alpha value is -2.08. The molecule has 0 nitrogen and oxygen atoms in total. The molecule has 0 fully saturated rings. The maximum atomic E-state index is 2.49. The molecule has 0 amide bonds. The molecule has 2 unspecified atom stereocenters. The minimum Gasteiger partial charge on any atom is -0.0803 e. The molecule has 180 valence electrons. The summed E-state index contributed by atoms with van der Waals surface area (Å²) >= 11 is 0. The van der Waals surface area contributed by atoms with E-state index in [-0.39, 0.29) is 10.8 Å². The largest absolute Gasteiger partial charge is 0.0803 e. The van der Waals surface area contributed by atoms with Crippen molar-refractivity contribution in [1.29, 1.82) is 0 Å². The summed E-state index contributed by atoms with van der Waals surface area (Å²) in [7, 11) is 0. The van der Waals surface area contributed by atoms with Crippen molar-refractivity contribution in [2.45, 2.75) is 99.3 Å². The van der Waals surface area contributed by atoms with Crippen molar-refractivity contribution in [2.24, 2.45) is 11.3 Å². The molecule has 2 aromatic carbocycles. The Bertz CT molecular complexity index is 937. The predicted molar refractivity (Wildman–Crippen MR) is 148 cm³/mol. The second kappa shape index (κ2) is 10.5. The second-order valence-electron chi connectivity index (χ2n) is 12.0. The van der Waals surface area contributed by atoms with E-state index < -0.39 is 0 Å². The molecule has 0 spiro atoms. The molecule has 0 bridgehead atoms. The van der Waals surface area contributed by atoms with Crippen molar-refractivity contribution >= 4 is 0 Å². The van der Waals surface area contributed by atoms with Gasteiger partial charge in [0, 0.05) is 5.41 Å². The summed E-state index contributed by atoms with van der Waals surface area (Å²) in [5, 5.41) is 0. The molecule has 33 heavy (non-hydrogen) atoms. The highest BCUT2D eigenvalue weighted by molar-refractivity contribution is 5.53. The van der Waals surface area contributed by atoms with E-state index in [4.69, 9.17) is 0 Å². The molecule has 0 heterocycles. The minimum atomic E-state index is -0.161. The minimum absolute atomic E-state index is 0.161. The van der Waals surface area contributed by atoms with Crippen LogP contribution in [0.2, 0.25) is 0 Å². The van der Waals surface area contributed by atoms with Crippen molar-refractivity contribution in [3.8, 4) is 0 Å². The second-order valence-corrected chi connectivity index (χ2v) is 12.0. The molecule has 2 aromatic rings. The summed E-state index contributed by atoms with van der Waals surface area (Å²) in [4.78, 5) is 0. The molecular weight excluding hydrogens is 396 g/mol. The summed E-state index contributed by atoms with van der Waals surface area (Å²) in [6.07, 6.45) is 8.44. The van der Waals surface area contributed by atoms with Crippen LogP contribution < -0.4 is 0 Å². The lowest BCUT2D eigenvalue weighted by Gasteiger charge is -2.37. The first-order valence-corrected chi connectivity index (χ1v) is 12.9. The number of hydrogen-bond acceptors (Lipinski definition) is 0. The number of benzene rings is 2. The lowest BCUT2D eigenvalue weighted by Crippen LogP contribution is -2.28. The first kappa shape index (κ1) is 27.2. The van der Waals surface area contributed by atoms with Crippen molar-refractivity contribution in [3.05, 3.63) is 94.6 Å². The first-order valence-electron chi connectivity index (χ1n) is 12.9. The Labute approximate surface area is 205 Å². The Kier molecular flexibility index (Phi) is 8.61. The zero-order valence-corrected chi connectivity index (χ0v) is 23.2. The zero-order valence-electron chi connectivity index (χ0n) is 23.2. The quantitative estimate of drug-likeness (QED) is 0.440. The average Bonchev–Trinajstić information content (AvgIpc) is 2.79. The molecule has 3 rings (SSSR count). The lowest BCUT2D eigenvalue weighted by molar-refractivity contribution is 0.292. The lowest BCUT2D eigenvalue weighted by atomic mass is 9.66. The fraction of sp³-hybridized carbons (Fsp3) is 0.515. The summed E-state index contributed by atoms with van der Waals surface area (Å²) < 4.78 is 0. The fourth-order valence-corrected chi connectivity index (χ4v) is 4.64. The van der Waals surface area contributed by atoms with Crippen LogP contribution in [0.4, 0.5) is 0 Å². The van der Waals surface area contributed by atoms with Crippen molar-refractivity contribution in [1.82, 2.24) is 0 Å². The molecule has 0 aliphatic heterocycles. The van der Waals surface area contributed by atoms with Crippen LogP contribution in [0.5, 0.6) is 0 Å². The number of rotatable bonds is 4. The van der Waals surface area contributed by atoms with Crippen LogP contribution in [0, 0.1) is 11.3 Å². The van der Waals surface area contributed by atoms with Crippen molar-refractivity contribution < 1.29 is 0 Å². The third-order valence-electron chi connectivity index (χ3n) is 7.27. The van der Waals surface area contributed by atoms with Gasteiger partial charge in [0.2, 0.25) is 0 Å². The van der Waals surface area contributed by atoms with Gasteiger partial charge in [-0.05, 0) is 63.8 Å². The fourth-order valence-electron chi connectivity index (χ4n) is 4.64. The van der Waals surface area contributed by atoms with Gasteiger partial charge in [-0.3, -0.25) is 0 Å². The molecule has 0 saturated heterocycles. The van der Waals surface area contributed by atoms with E-state index in [0.717, 1.165) is 6.42 Å². The molecule has 0 radical (unpaired) electrons. The highest BCUT2D eigenvalue weighted by atomic mass is 14.4. The summed E-state index contributed by atoms with van der Waals surface area (Å²) in [6.45, 7) is 24.8. The van der Waals surface area contributed by atoms with E-state index in [1.165, 1.54) is 27.8 Å². The van der Waals surface area contributed by atoms with Gasteiger partial charge in [-0.2, -0.15) is 0 Å². The Morgan fingerprint density at radius 2 is 1.15 bits per heavy atom. The van der Waals surface area contributed by atoms with Gasteiger partial charge in [-0.25, -0.2) is 0 Å². The van der Waals surface area contributed by atoms with Crippen LogP contribution in [0.25, 0.3) is 0 Å². The van der Waals surface area contributed by atoms with E-state index in [1.807, 2.05) is 13.8 Å². The van der Waals surface area contributed by atoms with E-state index in [1.54, 1.807) is 0 Å². The standard InChI is InChI=1S/C31H42.C2H6/c1-22(2)23-10-12-26(13-11-23)31(9,27-18-14-24(15-19-27)29(3,4)5)28-20-16-25(17-21-28)30(6,7)8;1-2/h10-16,18-22,25H,17H2,1-9H3;1-2H3. The van der Waals surface area contributed by atoms with Crippen LogP contribution in [-0.2, 0) is 10.8 Å². The molecule has 1 aliphatic carbocycles. The average molecular weight is 445 g/mol. The van der Waals surface area contributed by atoms with E-state index in [9.17, 15) is 0 Å². The van der Waals surface area contributed by atoms with E-state index in [0.29, 0.717) is 17.3 Å². The summed E-state index contributed by atoms with van der Waals surface area (Å²) in [5.41, 5.74) is 7.22. The smallest absolute Gasteiger partial charge is 0.0420 e. The molecule has 2 atom stereocenters. The van der Waals surface area contributed by atoms with Crippen LogP contribution in [0.3, 0.4) is 0 Å². The van der Waals surface area contributed by atoms with Gasteiger partial charge in [0.25, 0.3) is 0 Å². The van der Waals surface area contributed by atoms with Gasteiger partial charge in [0.05, 0.1) is 0 Å². The molecule has 0 saturated carbocycles. The van der Waals surface area contributed by atoms with Gasteiger partial charge in [0.1, 0.15) is 0 Å². The van der Waals surface area contributed by atoms with Crippen molar-refractivity contribution in [2.75, 3.05) is 0 Å². The SMILES string of the molecule is CC.CC(C)c1ccc(C(C)(C2=CCC(C(C)(C)C)C=C2)c2ccc(C(C)(C)C)cc2)cc1. The third-order valence-corrected chi connectivity index (χ3v) is 7.27. The Morgan fingerprint density at radius 3 is 1.52 bits per heavy atom. The maximum absolute atomic E-state index is 2.49. The topological polar surface area (TPSA) is 0 Å². The molecule has 0 N–H and O–H groups in total. The summed E-state index contributed by atoms with van der Waals surface area (Å²) in [5.74, 6) is 1.14. The molecule has 0 heteroatoms. The Morgan fingerprint density at radius 1 is 0.697 bits per heavy atom. The van der Waals surface area contributed by atoms with Gasteiger partial charge < -0.3 is 0 Å². The van der Waals surface area contributed by atoms with Crippen LogP contribution in [0.15, 0.2) is 72.3 Å². The van der Waals surface area contributed by atoms with E-state index >= 15 is 0 Å². The van der Waals surface area contributed by atoms with Crippen LogP contribution >= 0.6 is 0 Å². The van der Waals surface area contributed by atoms with E-state index in [2.05, 4.69) is 129 Å². The molecule has 1 aliphatic rings. The van der Waals surface area contributed by atoms with Crippen LogP contribution in [0.1, 0.15) is 111 Å². The van der Waals surface area contributed by atoms with Crippen molar-refractivity contribution in [3.63, 3.8) is 0 Å². The zero-order chi connectivity index (χ0) is 25.0. The van der Waals surface area contributed by atoms with Gasteiger partial charge in [-0.1, -0.05) is 136 Å². The van der Waals surface area contributed by atoms with Crippen LogP contribution in [-0.4, -0.2) is 0 Å². The highest BCUT2D eigenvalue weighted by Gasteiger charge is 2.34. The third kappa shape index (κ3) is 6.08. The molecular formula is C33H48. The maximum Gasteiger partial charge on any atom is 0.0420 e. The predicted octanol–water partition coefficient (Wildman–Crippen LogP) is 9.99. The first-order chi connectivity index (χ1) is 15.3. The molecule has 0 aromatic heterocycles. The monoisotopic (exact) mass is 444 g/mol. The van der Waals surface area contributed by atoms with Gasteiger partial charge in [0.15, 0.2) is 0 Å². The van der Waals surface area contributed by atoms with Gasteiger partial charge >= 0.3 is 0 Å². The number of hydrogen-bond donors (Lipinski definition) is 0. The highest BCUT2D eigenvalue weighted by Crippen LogP contribution is 2.44. The number of allylic oxidation sites excluding steroid dienone is 4. The normalized spacial score (nSPS) is 18.3. The summed E-state index contributed by atoms with van der Waals surface area (Å²) in [6, 6.07) is 18.7.